The van der Waals surface area contributed by atoms with Crippen LogP contribution in [0, 0.1) is 11.8 Å². The molecular weight excluding hydrogens is 202 g/mol. The number of hydrogen-bond acceptors (Lipinski definition) is 3. The Morgan fingerprint density at radius 2 is 2.00 bits per heavy atom. The fraction of sp³-hybridized carbons (Fsp3) is 0.923. The van der Waals surface area contributed by atoms with Gasteiger partial charge in [0.1, 0.15) is 0 Å². The second-order valence-electron chi connectivity index (χ2n) is 5.08. The number of ether oxygens (including phenoxy) is 1. The second-order valence-corrected chi connectivity index (χ2v) is 5.08. The van der Waals surface area contributed by atoms with E-state index >= 15 is 0 Å². The number of hydrogen-bond donors (Lipinski definition) is 1. The van der Waals surface area contributed by atoms with Crippen molar-refractivity contribution in [2.45, 2.75) is 46.0 Å². The molecule has 3 heteroatoms. The minimum absolute atomic E-state index is 0.0195. The summed E-state index contributed by atoms with van der Waals surface area (Å²) in [5.74, 6) is 0.914. The lowest BCUT2D eigenvalue weighted by Gasteiger charge is -2.20. The summed E-state index contributed by atoms with van der Waals surface area (Å²) in [6.45, 7) is 6.96. The zero-order chi connectivity index (χ0) is 11.8. The summed E-state index contributed by atoms with van der Waals surface area (Å²) in [6, 6.07) is 0. The van der Waals surface area contributed by atoms with Crippen molar-refractivity contribution >= 4 is 5.97 Å². The molecule has 0 radical (unpaired) electrons. The summed E-state index contributed by atoms with van der Waals surface area (Å²) in [6.07, 6.45) is 5.27. The Bertz CT molecular complexity index is 198. The maximum atomic E-state index is 11.6. The van der Waals surface area contributed by atoms with Crippen molar-refractivity contribution in [3.05, 3.63) is 0 Å². The highest BCUT2D eigenvalue weighted by molar-refractivity contribution is 5.72. The van der Waals surface area contributed by atoms with Crippen molar-refractivity contribution in [3.63, 3.8) is 0 Å². The van der Waals surface area contributed by atoms with Gasteiger partial charge in [-0.2, -0.15) is 0 Å². The van der Waals surface area contributed by atoms with E-state index in [0.29, 0.717) is 6.61 Å². The molecule has 1 heterocycles. The largest absolute Gasteiger partial charge is 0.465 e. The van der Waals surface area contributed by atoms with E-state index in [4.69, 9.17) is 4.74 Å². The van der Waals surface area contributed by atoms with Gasteiger partial charge < -0.3 is 10.1 Å². The minimum atomic E-state index is 0.0195. The molecule has 1 fully saturated rings. The van der Waals surface area contributed by atoms with Gasteiger partial charge in [-0.3, -0.25) is 4.79 Å². The standard InChI is InChI=1S/C13H25NO2/c1-11(2)5-3-4-10-16-13(15)12-6-8-14-9-7-12/h11-12,14H,3-10H2,1-2H3. The van der Waals surface area contributed by atoms with E-state index in [1.807, 2.05) is 0 Å². The van der Waals surface area contributed by atoms with E-state index < -0.39 is 0 Å². The summed E-state index contributed by atoms with van der Waals surface area (Å²) in [5, 5.41) is 3.25. The Kier molecular flexibility index (Phi) is 6.46. The number of nitrogens with one attached hydrogen (secondary N) is 1. The molecule has 0 aliphatic carbocycles. The lowest BCUT2D eigenvalue weighted by molar-refractivity contribution is -0.149. The maximum Gasteiger partial charge on any atom is 0.309 e. The lowest BCUT2D eigenvalue weighted by atomic mass is 9.98. The third kappa shape index (κ3) is 5.50. The Balaban J connectivity index is 2.01. The molecule has 16 heavy (non-hydrogen) atoms. The van der Waals surface area contributed by atoms with Gasteiger partial charge in [0.2, 0.25) is 0 Å². The van der Waals surface area contributed by atoms with Crippen LogP contribution in [0.1, 0.15) is 46.0 Å². The Hall–Kier alpha value is -0.570. The quantitative estimate of drug-likeness (QED) is 0.559. The van der Waals surface area contributed by atoms with Gasteiger partial charge in [0.15, 0.2) is 0 Å². The first-order chi connectivity index (χ1) is 7.70. The predicted molar refractivity (Wildman–Crippen MR) is 65.2 cm³/mol. The number of unbranched alkanes of at least 4 members (excludes halogenated alkanes) is 1. The maximum absolute atomic E-state index is 11.6. The van der Waals surface area contributed by atoms with Gasteiger partial charge in [-0.1, -0.05) is 20.3 Å². The zero-order valence-electron chi connectivity index (χ0n) is 10.6. The highest BCUT2D eigenvalue weighted by Crippen LogP contribution is 2.14. The normalized spacial score (nSPS) is 17.7. The van der Waals surface area contributed by atoms with Crippen LogP contribution in [0.3, 0.4) is 0 Å². The fourth-order valence-electron chi connectivity index (χ4n) is 2.00. The first kappa shape index (κ1) is 13.5. The molecule has 0 spiro atoms. The molecule has 0 amide bonds. The van der Waals surface area contributed by atoms with Gasteiger partial charge in [0.25, 0.3) is 0 Å². The molecule has 0 unspecified atom stereocenters. The van der Waals surface area contributed by atoms with Crippen LogP contribution in [0.5, 0.6) is 0 Å². The van der Waals surface area contributed by atoms with Crippen molar-refractivity contribution in [1.82, 2.24) is 5.32 Å². The van der Waals surface area contributed by atoms with Crippen molar-refractivity contribution < 1.29 is 9.53 Å². The topological polar surface area (TPSA) is 38.3 Å². The molecule has 0 aromatic rings. The average molecular weight is 227 g/mol. The molecule has 1 N–H and O–H groups in total. The molecule has 0 bridgehead atoms. The summed E-state index contributed by atoms with van der Waals surface area (Å²) in [4.78, 5) is 11.6. The van der Waals surface area contributed by atoms with Crippen LogP contribution in [-0.4, -0.2) is 25.7 Å². The monoisotopic (exact) mass is 227 g/mol. The average Bonchev–Trinajstić information content (AvgIpc) is 2.29. The molecule has 0 aromatic carbocycles. The molecule has 1 rings (SSSR count). The van der Waals surface area contributed by atoms with E-state index in [1.54, 1.807) is 0 Å². The fourth-order valence-corrected chi connectivity index (χ4v) is 2.00. The molecule has 1 aliphatic heterocycles. The van der Waals surface area contributed by atoms with E-state index in [1.165, 1.54) is 6.42 Å². The van der Waals surface area contributed by atoms with Gasteiger partial charge in [-0.05, 0) is 44.7 Å². The Morgan fingerprint density at radius 1 is 1.31 bits per heavy atom. The number of carbonyl (C=O) groups excluding carboxylic acids is 1. The zero-order valence-corrected chi connectivity index (χ0v) is 10.6. The van der Waals surface area contributed by atoms with Crippen molar-refractivity contribution in [2.24, 2.45) is 11.8 Å². The van der Waals surface area contributed by atoms with Crippen LogP contribution in [0.15, 0.2) is 0 Å². The Labute approximate surface area is 98.9 Å². The smallest absolute Gasteiger partial charge is 0.309 e. The van der Waals surface area contributed by atoms with E-state index in [-0.39, 0.29) is 11.9 Å². The van der Waals surface area contributed by atoms with Crippen LogP contribution in [-0.2, 0) is 9.53 Å². The molecule has 0 aromatic heterocycles. The highest BCUT2D eigenvalue weighted by Gasteiger charge is 2.21. The minimum Gasteiger partial charge on any atom is -0.465 e. The Morgan fingerprint density at radius 3 is 2.62 bits per heavy atom. The van der Waals surface area contributed by atoms with E-state index in [9.17, 15) is 4.79 Å². The number of rotatable bonds is 6. The second kappa shape index (κ2) is 7.66. The lowest BCUT2D eigenvalue weighted by Crippen LogP contribution is -2.32. The van der Waals surface area contributed by atoms with Gasteiger partial charge >= 0.3 is 5.97 Å². The molecule has 0 saturated carbocycles. The van der Waals surface area contributed by atoms with Crippen molar-refractivity contribution in [3.8, 4) is 0 Å². The summed E-state index contributed by atoms with van der Waals surface area (Å²) < 4.78 is 5.30. The summed E-state index contributed by atoms with van der Waals surface area (Å²) >= 11 is 0. The summed E-state index contributed by atoms with van der Waals surface area (Å²) in [7, 11) is 0. The van der Waals surface area contributed by atoms with Crippen LogP contribution >= 0.6 is 0 Å². The number of esters is 1. The van der Waals surface area contributed by atoms with Gasteiger partial charge in [0.05, 0.1) is 12.5 Å². The number of piperidine rings is 1. The first-order valence-electron chi connectivity index (χ1n) is 6.57. The molecule has 3 nitrogen and oxygen atoms in total. The molecule has 0 atom stereocenters. The van der Waals surface area contributed by atoms with Crippen LogP contribution in [0.4, 0.5) is 0 Å². The third-order valence-electron chi connectivity index (χ3n) is 3.09. The predicted octanol–water partition coefficient (Wildman–Crippen LogP) is 2.36. The highest BCUT2D eigenvalue weighted by atomic mass is 16.5. The van der Waals surface area contributed by atoms with E-state index in [0.717, 1.165) is 44.7 Å². The molecule has 1 aliphatic rings. The first-order valence-corrected chi connectivity index (χ1v) is 6.57. The van der Waals surface area contributed by atoms with Crippen molar-refractivity contribution in [1.29, 1.82) is 0 Å². The van der Waals surface area contributed by atoms with Crippen molar-refractivity contribution in [2.75, 3.05) is 19.7 Å². The molecule has 1 saturated heterocycles. The van der Waals surface area contributed by atoms with E-state index in [2.05, 4.69) is 19.2 Å². The van der Waals surface area contributed by atoms with Crippen LogP contribution < -0.4 is 5.32 Å². The molecular formula is C13H25NO2. The van der Waals surface area contributed by atoms with Crippen LogP contribution in [0.2, 0.25) is 0 Å². The van der Waals surface area contributed by atoms with Crippen LogP contribution in [0.25, 0.3) is 0 Å². The third-order valence-corrected chi connectivity index (χ3v) is 3.09. The summed E-state index contributed by atoms with van der Waals surface area (Å²) in [5.41, 5.74) is 0. The van der Waals surface area contributed by atoms with Gasteiger partial charge in [0, 0.05) is 0 Å². The molecule has 94 valence electrons. The SMILES string of the molecule is CC(C)CCCCOC(=O)C1CCNCC1. The van der Waals surface area contributed by atoms with Gasteiger partial charge in [-0.15, -0.1) is 0 Å². The van der Waals surface area contributed by atoms with Gasteiger partial charge in [-0.25, -0.2) is 0 Å². The number of carbonyl (C=O) groups is 1.